The number of nitrogen functional groups attached to an aromatic ring is 1. The first-order chi connectivity index (χ1) is 7.22. The van der Waals surface area contributed by atoms with Crippen LogP contribution in [0.1, 0.15) is 10.4 Å². The first-order valence-electron chi connectivity index (χ1n) is 3.86. The SMILES string of the molecule is NC(=O)c1c(F)ccc(N)c1OC(F)(F)F. The number of hydrogen-bond acceptors (Lipinski definition) is 3. The minimum Gasteiger partial charge on any atom is -0.403 e. The van der Waals surface area contributed by atoms with E-state index in [1.165, 1.54) is 0 Å². The molecule has 0 bridgehead atoms. The van der Waals surface area contributed by atoms with Crippen LogP contribution in [0.25, 0.3) is 0 Å². The summed E-state index contributed by atoms with van der Waals surface area (Å²) in [5, 5.41) is 0. The Kier molecular flexibility index (Phi) is 2.92. The molecule has 0 atom stereocenters. The van der Waals surface area contributed by atoms with Crippen LogP contribution in [0.5, 0.6) is 5.75 Å². The summed E-state index contributed by atoms with van der Waals surface area (Å²) in [7, 11) is 0. The van der Waals surface area contributed by atoms with Crippen molar-refractivity contribution in [2.75, 3.05) is 5.73 Å². The molecule has 8 heteroatoms. The van der Waals surface area contributed by atoms with Gasteiger partial charge in [0.1, 0.15) is 11.4 Å². The van der Waals surface area contributed by atoms with E-state index in [9.17, 15) is 22.4 Å². The second-order valence-corrected chi connectivity index (χ2v) is 2.75. The number of rotatable bonds is 2. The van der Waals surface area contributed by atoms with Crippen molar-refractivity contribution in [3.05, 3.63) is 23.5 Å². The first-order valence-corrected chi connectivity index (χ1v) is 3.86. The summed E-state index contributed by atoms with van der Waals surface area (Å²) in [5.41, 5.74) is 8.29. The first kappa shape index (κ1) is 12.1. The number of benzene rings is 1. The summed E-state index contributed by atoms with van der Waals surface area (Å²) in [6.45, 7) is 0. The van der Waals surface area contributed by atoms with Crippen molar-refractivity contribution in [1.29, 1.82) is 0 Å². The number of alkyl halides is 3. The number of nitrogens with two attached hydrogens (primary N) is 2. The molecule has 4 N–H and O–H groups in total. The Morgan fingerprint density at radius 3 is 2.31 bits per heavy atom. The Hall–Kier alpha value is -1.99. The number of carbonyl (C=O) groups is 1. The van der Waals surface area contributed by atoms with Crippen molar-refractivity contribution in [3.8, 4) is 5.75 Å². The molecule has 16 heavy (non-hydrogen) atoms. The van der Waals surface area contributed by atoms with Gasteiger partial charge in [-0.1, -0.05) is 0 Å². The predicted octanol–water partition coefficient (Wildman–Crippen LogP) is 1.41. The van der Waals surface area contributed by atoms with E-state index in [1.54, 1.807) is 0 Å². The zero-order valence-corrected chi connectivity index (χ0v) is 7.64. The molecule has 1 amide bonds. The average Bonchev–Trinajstić information content (AvgIpc) is 2.08. The number of primary amides is 1. The van der Waals surface area contributed by atoms with Crippen molar-refractivity contribution >= 4 is 11.6 Å². The van der Waals surface area contributed by atoms with E-state index in [4.69, 9.17) is 11.5 Å². The maximum atomic E-state index is 13.1. The summed E-state index contributed by atoms with van der Waals surface area (Å²) in [6.07, 6.45) is -5.09. The lowest BCUT2D eigenvalue weighted by atomic mass is 10.1. The smallest absolute Gasteiger partial charge is 0.403 e. The van der Waals surface area contributed by atoms with Gasteiger partial charge in [0.15, 0.2) is 5.75 Å². The van der Waals surface area contributed by atoms with Crippen molar-refractivity contribution in [1.82, 2.24) is 0 Å². The summed E-state index contributed by atoms with van der Waals surface area (Å²) in [6, 6.07) is 1.56. The third-order valence-corrected chi connectivity index (χ3v) is 1.60. The fourth-order valence-electron chi connectivity index (χ4n) is 1.03. The van der Waals surface area contributed by atoms with Gasteiger partial charge in [-0.3, -0.25) is 4.79 Å². The van der Waals surface area contributed by atoms with Gasteiger partial charge in [-0.2, -0.15) is 0 Å². The number of ether oxygens (including phenoxy) is 1. The molecule has 1 aromatic rings. The number of anilines is 1. The molecule has 88 valence electrons. The summed E-state index contributed by atoms with van der Waals surface area (Å²) >= 11 is 0. The standard InChI is InChI=1S/C8H6F4N2O2/c9-3-1-2-4(13)6(5(3)7(14)15)16-8(10,11)12/h1-2H,13H2,(H2,14,15). The zero-order valence-electron chi connectivity index (χ0n) is 7.64. The summed E-state index contributed by atoms with van der Waals surface area (Å²) in [5.74, 6) is -3.76. The maximum absolute atomic E-state index is 13.1. The molecule has 0 aliphatic heterocycles. The van der Waals surface area contributed by atoms with Crippen LogP contribution in [0.15, 0.2) is 12.1 Å². The molecule has 0 spiro atoms. The van der Waals surface area contributed by atoms with Crippen molar-refractivity contribution < 1.29 is 27.1 Å². The molecule has 1 aromatic carbocycles. The van der Waals surface area contributed by atoms with Gasteiger partial charge in [-0.25, -0.2) is 4.39 Å². The Labute approximate surface area is 86.8 Å². The van der Waals surface area contributed by atoms with Crippen LogP contribution in [-0.2, 0) is 0 Å². The molecule has 0 unspecified atom stereocenters. The number of hydrogen-bond donors (Lipinski definition) is 2. The van der Waals surface area contributed by atoms with Crippen LogP contribution in [0.3, 0.4) is 0 Å². The molecule has 0 radical (unpaired) electrons. The largest absolute Gasteiger partial charge is 0.573 e. The third kappa shape index (κ3) is 2.53. The Balaban J connectivity index is 3.35. The van der Waals surface area contributed by atoms with Crippen molar-refractivity contribution in [2.24, 2.45) is 5.73 Å². The van der Waals surface area contributed by atoms with E-state index in [-0.39, 0.29) is 0 Å². The van der Waals surface area contributed by atoms with Crippen molar-refractivity contribution in [2.45, 2.75) is 6.36 Å². The van der Waals surface area contributed by atoms with E-state index in [0.717, 1.165) is 12.1 Å². The second kappa shape index (κ2) is 3.87. The lowest BCUT2D eigenvalue weighted by Gasteiger charge is -2.14. The fourth-order valence-corrected chi connectivity index (χ4v) is 1.03. The van der Waals surface area contributed by atoms with E-state index in [1.807, 2.05) is 0 Å². The van der Waals surface area contributed by atoms with E-state index in [0.29, 0.717) is 0 Å². The minimum absolute atomic E-state index is 0.535. The van der Waals surface area contributed by atoms with Crippen LogP contribution in [0.2, 0.25) is 0 Å². The minimum atomic E-state index is -5.09. The maximum Gasteiger partial charge on any atom is 0.573 e. The molecule has 0 saturated carbocycles. The van der Waals surface area contributed by atoms with Gasteiger partial charge in [-0.15, -0.1) is 13.2 Å². The summed E-state index contributed by atoms with van der Waals surface area (Å²) in [4.78, 5) is 10.8. The number of amides is 1. The van der Waals surface area contributed by atoms with Gasteiger partial charge in [0.05, 0.1) is 5.69 Å². The number of halogens is 4. The highest BCUT2D eigenvalue weighted by Crippen LogP contribution is 2.33. The van der Waals surface area contributed by atoms with Gasteiger partial charge in [0.25, 0.3) is 5.91 Å². The monoisotopic (exact) mass is 238 g/mol. The lowest BCUT2D eigenvalue weighted by molar-refractivity contribution is -0.274. The normalized spacial score (nSPS) is 11.2. The fraction of sp³-hybridized carbons (Fsp3) is 0.125. The molecule has 0 heterocycles. The van der Waals surface area contributed by atoms with Gasteiger partial charge < -0.3 is 16.2 Å². The van der Waals surface area contributed by atoms with Gasteiger partial charge in [-0.05, 0) is 12.1 Å². The molecular formula is C8H6F4N2O2. The average molecular weight is 238 g/mol. The van der Waals surface area contributed by atoms with Crippen LogP contribution < -0.4 is 16.2 Å². The lowest BCUT2D eigenvalue weighted by Crippen LogP contribution is -2.23. The van der Waals surface area contributed by atoms with E-state index in [2.05, 4.69) is 4.74 Å². The molecule has 0 aliphatic carbocycles. The van der Waals surface area contributed by atoms with Crippen molar-refractivity contribution in [3.63, 3.8) is 0 Å². The molecule has 0 fully saturated rings. The topological polar surface area (TPSA) is 78.3 Å². The highest BCUT2D eigenvalue weighted by atomic mass is 19.4. The Morgan fingerprint density at radius 2 is 1.88 bits per heavy atom. The van der Waals surface area contributed by atoms with Crippen LogP contribution in [-0.4, -0.2) is 12.3 Å². The van der Waals surface area contributed by atoms with Gasteiger partial charge in [0.2, 0.25) is 0 Å². The molecule has 0 aliphatic rings. The Morgan fingerprint density at radius 1 is 1.31 bits per heavy atom. The molecule has 1 rings (SSSR count). The molecular weight excluding hydrogens is 232 g/mol. The molecule has 4 nitrogen and oxygen atoms in total. The third-order valence-electron chi connectivity index (χ3n) is 1.60. The van der Waals surface area contributed by atoms with Crippen LogP contribution in [0, 0.1) is 5.82 Å². The molecule has 0 saturated heterocycles. The predicted molar refractivity (Wildman–Crippen MR) is 46.0 cm³/mol. The van der Waals surface area contributed by atoms with Crippen LogP contribution in [0.4, 0.5) is 23.2 Å². The van der Waals surface area contributed by atoms with E-state index >= 15 is 0 Å². The highest BCUT2D eigenvalue weighted by Gasteiger charge is 2.34. The van der Waals surface area contributed by atoms with E-state index < -0.39 is 35.1 Å². The quantitative estimate of drug-likeness (QED) is 0.603. The number of carbonyl (C=O) groups excluding carboxylic acids is 1. The summed E-state index contributed by atoms with van der Waals surface area (Å²) < 4.78 is 52.3. The van der Waals surface area contributed by atoms with Gasteiger partial charge in [0, 0.05) is 0 Å². The Bertz CT molecular complexity index is 431. The van der Waals surface area contributed by atoms with Gasteiger partial charge >= 0.3 is 6.36 Å². The zero-order chi connectivity index (χ0) is 12.5. The second-order valence-electron chi connectivity index (χ2n) is 2.75. The molecule has 0 aromatic heterocycles. The van der Waals surface area contributed by atoms with Crippen LogP contribution >= 0.6 is 0 Å². The highest BCUT2D eigenvalue weighted by molar-refractivity contribution is 5.97.